The first-order valence-corrected chi connectivity index (χ1v) is 6.03. The Bertz CT molecular complexity index is 386. The molecular weight excluding hydrogens is 200 g/mol. The second-order valence-electron chi connectivity index (χ2n) is 4.81. The lowest BCUT2D eigenvalue weighted by molar-refractivity contribution is 0.0388. The lowest BCUT2D eigenvalue weighted by atomic mass is 10.0. The van der Waals surface area contributed by atoms with Gasteiger partial charge in [0.25, 0.3) is 0 Å². The van der Waals surface area contributed by atoms with Crippen LogP contribution in [0.4, 0.5) is 5.69 Å². The van der Waals surface area contributed by atoms with E-state index in [2.05, 4.69) is 35.5 Å². The van der Waals surface area contributed by atoms with Crippen molar-refractivity contribution in [1.82, 2.24) is 4.90 Å². The first-order chi connectivity index (χ1) is 7.81. The highest BCUT2D eigenvalue weighted by atomic mass is 16.5. The Morgan fingerprint density at radius 3 is 3.06 bits per heavy atom. The summed E-state index contributed by atoms with van der Waals surface area (Å²) in [5.41, 5.74) is 2.68. The van der Waals surface area contributed by atoms with Gasteiger partial charge in [0.2, 0.25) is 0 Å². The standard InChI is InChI=1S/C13H18N2O/c1-15-8-12(9-15)16-11-5-4-10-3-2-6-14-13(10)7-11/h4-5,7,12,14H,2-3,6,8-9H2,1H3. The van der Waals surface area contributed by atoms with Crippen molar-refractivity contribution in [3.05, 3.63) is 23.8 Å². The molecule has 0 aliphatic carbocycles. The van der Waals surface area contributed by atoms with Gasteiger partial charge < -0.3 is 10.1 Å². The molecule has 0 bridgehead atoms. The van der Waals surface area contributed by atoms with Crippen LogP contribution in [0.2, 0.25) is 0 Å². The number of hydrogen-bond acceptors (Lipinski definition) is 3. The molecule has 1 aromatic carbocycles. The van der Waals surface area contributed by atoms with Crippen molar-refractivity contribution in [2.75, 3.05) is 32.0 Å². The van der Waals surface area contributed by atoms with E-state index in [1.54, 1.807) is 0 Å². The molecule has 0 amide bonds. The fourth-order valence-corrected chi connectivity index (χ4v) is 2.42. The van der Waals surface area contributed by atoms with Crippen LogP contribution in [0, 0.1) is 0 Å². The van der Waals surface area contributed by atoms with Crippen molar-refractivity contribution in [3.63, 3.8) is 0 Å². The van der Waals surface area contributed by atoms with Gasteiger partial charge in [0.05, 0.1) is 0 Å². The molecule has 2 aliphatic heterocycles. The van der Waals surface area contributed by atoms with Gasteiger partial charge in [-0.05, 0) is 31.5 Å². The van der Waals surface area contributed by atoms with Gasteiger partial charge >= 0.3 is 0 Å². The van der Waals surface area contributed by atoms with Gasteiger partial charge in [0.1, 0.15) is 11.9 Å². The fourth-order valence-electron chi connectivity index (χ4n) is 2.42. The minimum Gasteiger partial charge on any atom is -0.488 e. The molecule has 0 unspecified atom stereocenters. The molecule has 1 fully saturated rings. The molecule has 2 heterocycles. The van der Waals surface area contributed by atoms with Crippen LogP contribution >= 0.6 is 0 Å². The van der Waals surface area contributed by atoms with Gasteiger partial charge in [-0.1, -0.05) is 6.07 Å². The Labute approximate surface area is 96.4 Å². The van der Waals surface area contributed by atoms with Crippen LogP contribution in [0.15, 0.2) is 18.2 Å². The fraction of sp³-hybridized carbons (Fsp3) is 0.538. The predicted octanol–water partition coefficient (Wildman–Crippen LogP) is 1.74. The molecule has 16 heavy (non-hydrogen) atoms. The van der Waals surface area contributed by atoms with Crippen molar-refractivity contribution in [2.45, 2.75) is 18.9 Å². The Morgan fingerprint density at radius 1 is 1.38 bits per heavy atom. The van der Waals surface area contributed by atoms with Crippen LogP contribution in [-0.2, 0) is 6.42 Å². The van der Waals surface area contributed by atoms with Gasteiger partial charge in [-0.25, -0.2) is 0 Å². The third-order valence-corrected chi connectivity index (χ3v) is 3.35. The van der Waals surface area contributed by atoms with E-state index < -0.39 is 0 Å². The van der Waals surface area contributed by atoms with Crippen LogP contribution in [0.5, 0.6) is 5.75 Å². The Hall–Kier alpha value is -1.22. The van der Waals surface area contributed by atoms with Gasteiger partial charge in [0.15, 0.2) is 0 Å². The highest BCUT2D eigenvalue weighted by Crippen LogP contribution is 2.27. The SMILES string of the molecule is CN1CC(Oc2ccc3c(c2)NCCC3)C1. The molecule has 0 spiro atoms. The summed E-state index contributed by atoms with van der Waals surface area (Å²) < 4.78 is 5.91. The maximum atomic E-state index is 5.91. The highest BCUT2D eigenvalue weighted by Gasteiger charge is 2.25. The van der Waals surface area contributed by atoms with Crippen molar-refractivity contribution in [2.24, 2.45) is 0 Å². The average molecular weight is 218 g/mol. The maximum Gasteiger partial charge on any atom is 0.124 e. The van der Waals surface area contributed by atoms with Gasteiger partial charge in [-0.2, -0.15) is 0 Å². The molecule has 0 saturated carbocycles. The van der Waals surface area contributed by atoms with Gasteiger partial charge in [0, 0.05) is 31.4 Å². The first-order valence-electron chi connectivity index (χ1n) is 6.03. The lowest BCUT2D eigenvalue weighted by Crippen LogP contribution is -2.51. The van der Waals surface area contributed by atoms with E-state index in [9.17, 15) is 0 Å². The molecule has 1 N–H and O–H groups in total. The number of anilines is 1. The molecule has 1 aromatic rings. The van der Waals surface area contributed by atoms with E-state index in [1.165, 1.54) is 24.1 Å². The van der Waals surface area contributed by atoms with E-state index in [-0.39, 0.29) is 0 Å². The predicted molar refractivity (Wildman–Crippen MR) is 65.2 cm³/mol. The third kappa shape index (κ3) is 1.87. The molecule has 86 valence electrons. The highest BCUT2D eigenvalue weighted by molar-refractivity contribution is 5.56. The molecular formula is C13H18N2O. The molecule has 3 nitrogen and oxygen atoms in total. The number of aryl methyl sites for hydroxylation is 1. The van der Waals surface area contributed by atoms with Crippen LogP contribution in [0.1, 0.15) is 12.0 Å². The Morgan fingerprint density at radius 2 is 2.25 bits per heavy atom. The zero-order chi connectivity index (χ0) is 11.0. The zero-order valence-corrected chi connectivity index (χ0v) is 9.70. The lowest BCUT2D eigenvalue weighted by Gasteiger charge is -2.36. The van der Waals surface area contributed by atoms with Crippen molar-refractivity contribution in [1.29, 1.82) is 0 Å². The smallest absolute Gasteiger partial charge is 0.124 e. The number of fused-ring (bicyclic) bond motifs is 1. The molecule has 0 atom stereocenters. The molecule has 3 rings (SSSR count). The number of hydrogen-bond donors (Lipinski definition) is 1. The average Bonchev–Trinajstić information content (AvgIpc) is 2.27. The number of likely N-dealkylation sites (N-methyl/N-ethyl adjacent to an activating group) is 1. The Kier molecular flexibility index (Phi) is 2.48. The summed E-state index contributed by atoms with van der Waals surface area (Å²) >= 11 is 0. The number of rotatable bonds is 2. The molecule has 1 saturated heterocycles. The van der Waals surface area contributed by atoms with Crippen molar-refractivity contribution < 1.29 is 4.74 Å². The van der Waals surface area contributed by atoms with Crippen LogP contribution in [0.25, 0.3) is 0 Å². The molecule has 0 radical (unpaired) electrons. The Balaban J connectivity index is 1.71. The number of nitrogens with zero attached hydrogens (tertiary/aromatic N) is 1. The van der Waals surface area contributed by atoms with E-state index in [4.69, 9.17) is 4.74 Å². The summed E-state index contributed by atoms with van der Waals surface area (Å²) in [6, 6.07) is 6.44. The summed E-state index contributed by atoms with van der Waals surface area (Å²) in [5, 5.41) is 3.43. The number of likely N-dealkylation sites (tertiary alicyclic amines) is 1. The monoisotopic (exact) mass is 218 g/mol. The van der Waals surface area contributed by atoms with E-state index in [0.717, 1.165) is 25.4 Å². The summed E-state index contributed by atoms with van der Waals surface area (Å²) in [6.45, 7) is 3.18. The third-order valence-electron chi connectivity index (χ3n) is 3.35. The largest absolute Gasteiger partial charge is 0.488 e. The van der Waals surface area contributed by atoms with E-state index in [1.807, 2.05) is 0 Å². The quantitative estimate of drug-likeness (QED) is 0.818. The normalized spacial score (nSPS) is 20.8. The molecule has 2 aliphatic rings. The van der Waals surface area contributed by atoms with Gasteiger partial charge in [-0.3, -0.25) is 4.90 Å². The van der Waals surface area contributed by atoms with Crippen LogP contribution < -0.4 is 10.1 Å². The molecule has 0 aromatic heterocycles. The second-order valence-corrected chi connectivity index (χ2v) is 4.81. The van der Waals surface area contributed by atoms with Crippen LogP contribution in [0.3, 0.4) is 0 Å². The van der Waals surface area contributed by atoms with E-state index >= 15 is 0 Å². The second kappa shape index (κ2) is 3.98. The maximum absolute atomic E-state index is 5.91. The van der Waals surface area contributed by atoms with Crippen LogP contribution in [-0.4, -0.2) is 37.7 Å². The first kappa shape index (κ1) is 9.97. The van der Waals surface area contributed by atoms with Crippen molar-refractivity contribution >= 4 is 5.69 Å². The molecule has 3 heteroatoms. The minimum atomic E-state index is 0.381. The summed E-state index contributed by atoms with van der Waals surface area (Å²) in [5.74, 6) is 1.01. The summed E-state index contributed by atoms with van der Waals surface area (Å²) in [6.07, 6.45) is 2.81. The van der Waals surface area contributed by atoms with Crippen molar-refractivity contribution in [3.8, 4) is 5.75 Å². The summed E-state index contributed by atoms with van der Waals surface area (Å²) in [7, 11) is 2.12. The topological polar surface area (TPSA) is 24.5 Å². The minimum absolute atomic E-state index is 0.381. The number of ether oxygens (including phenoxy) is 1. The van der Waals surface area contributed by atoms with Gasteiger partial charge in [-0.15, -0.1) is 0 Å². The number of benzene rings is 1. The van der Waals surface area contributed by atoms with E-state index in [0.29, 0.717) is 6.10 Å². The zero-order valence-electron chi connectivity index (χ0n) is 9.70. The number of nitrogens with one attached hydrogen (secondary N) is 1. The summed E-state index contributed by atoms with van der Waals surface area (Å²) in [4.78, 5) is 2.27.